The number of carbonyl (C=O) groups is 3. The zero-order chi connectivity index (χ0) is 21.3. The largest absolute Gasteiger partial charge is 0.416 e. The number of hydrogen-bond acceptors (Lipinski definition) is 5. The second-order valence-electron chi connectivity index (χ2n) is 6.36. The van der Waals surface area contributed by atoms with Crippen molar-refractivity contribution in [2.75, 3.05) is 6.54 Å². The number of benzene rings is 2. The van der Waals surface area contributed by atoms with E-state index in [1.54, 1.807) is 0 Å². The molecule has 0 unspecified atom stereocenters. The highest BCUT2D eigenvalue weighted by molar-refractivity contribution is 6.22. The van der Waals surface area contributed by atoms with Crippen molar-refractivity contribution in [3.05, 3.63) is 80.9 Å². The van der Waals surface area contributed by atoms with Crippen LogP contribution in [0.1, 0.15) is 37.8 Å². The van der Waals surface area contributed by atoms with Gasteiger partial charge in [-0.05, 0) is 23.8 Å². The first-order chi connectivity index (χ1) is 13.7. The van der Waals surface area contributed by atoms with Crippen molar-refractivity contribution in [3.63, 3.8) is 0 Å². The predicted octanol–water partition coefficient (Wildman–Crippen LogP) is 2.93. The summed E-state index contributed by atoms with van der Waals surface area (Å²) in [5.74, 6) is -3.45. The van der Waals surface area contributed by atoms with Gasteiger partial charge in [-0.1, -0.05) is 30.3 Å². The highest BCUT2D eigenvalue weighted by Gasteiger charge is 2.46. The molecule has 0 spiro atoms. The summed E-state index contributed by atoms with van der Waals surface area (Å²) in [4.78, 5) is 48.0. The molecule has 0 saturated heterocycles. The molecule has 1 heterocycles. The van der Waals surface area contributed by atoms with Gasteiger partial charge in [-0.2, -0.15) is 13.2 Å². The van der Waals surface area contributed by atoms with Crippen molar-refractivity contribution in [2.24, 2.45) is 0 Å². The molecule has 1 aliphatic heterocycles. The fourth-order valence-electron chi connectivity index (χ4n) is 3.44. The van der Waals surface area contributed by atoms with Crippen molar-refractivity contribution in [3.8, 4) is 0 Å². The minimum Gasteiger partial charge on any atom is -0.301 e. The lowest BCUT2D eigenvalue weighted by Crippen LogP contribution is -2.46. The quantitative estimate of drug-likeness (QED) is 0.318. The summed E-state index contributed by atoms with van der Waals surface area (Å²) in [6.45, 7) is -1.08. The molecule has 2 atom stereocenters. The molecule has 0 saturated carbocycles. The Balaban J connectivity index is 2.13. The first-order valence-electron chi connectivity index (χ1n) is 8.37. The minimum atomic E-state index is -4.85. The van der Waals surface area contributed by atoms with E-state index in [-0.39, 0.29) is 17.4 Å². The van der Waals surface area contributed by atoms with E-state index in [4.69, 9.17) is 0 Å². The van der Waals surface area contributed by atoms with Crippen LogP contribution in [-0.4, -0.2) is 40.5 Å². The van der Waals surface area contributed by atoms with Crippen molar-refractivity contribution in [1.29, 1.82) is 0 Å². The number of amides is 2. The standard InChI is InChI=1S/C19H13F3N2O5/c20-19(21,22)15-8-4-3-5-11(15)14(9-23(28)29)16(10-25)24-17(26)12-6-1-2-7-13(12)18(24)27/h1-8,10,14,16H,9H2/t14-,16-/m0/s1. The topological polar surface area (TPSA) is 97.6 Å². The van der Waals surface area contributed by atoms with Gasteiger partial charge in [-0.25, -0.2) is 0 Å². The van der Waals surface area contributed by atoms with Crippen LogP contribution in [0.2, 0.25) is 0 Å². The van der Waals surface area contributed by atoms with E-state index in [0.29, 0.717) is 4.90 Å². The molecule has 3 rings (SSSR count). The Hall–Kier alpha value is -3.56. The first kappa shape index (κ1) is 20.2. The highest BCUT2D eigenvalue weighted by atomic mass is 19.4. The van der Waals surface area contributed by atoms with E-state index >= 15 is 0 Å². The predicted molar refractivity (Wildman–Crippen MR) is 92.8 cm³/mol. The van der Waals surface area contributed by atoms with Crippen molar-refractivity contribution in [1.82, 2.24) is 4.90 Å². The summed E-state index contributed by atoms with van der Waals surface area (Å²) in [5.41, 5.74) is -1.75. The number of halogens is 3. The third kappa shape index (κ3) is 3.60. The summed E-state index contributed by atoms with van der Waals surface area (Å²) in [6.07, 6.45) is -4.75. The number of nitro groups is 1. The Morgan fingerprint density at radius 2 is 1.52 bits per heavy atom. The molecule has 0 N–H and O–H groups in total. The number of aldehydes is 1. The van der Waals surface area contributed by atoms with E-state index in [0.717, 1.165) is 18.2 Å². The van der Waals surface area contributed by atoms with Crippen LogP contribution in [0, 0.1) is 10.1 Å². The van der Waals surface area contributed by atoms with Crippen molar-refractivity contribution in [2.45, 2.75) is 18.1 Å². The Morgan fingerprint density at radius 3 is 2.00 bits per heavy atom. The molecule has 7 nitrogen and oxygen atoms in total. The molecule has 2 aromatic rings. The van der Waals surface area contributed by atoms with Gasteiger partial charge in [0.05, 0.1) is 22.6 Å². The zero-order valence-corrected chi connectivity index (χ0v) is 14.6. The first-order valence-corrected chi connectivity index (χ1v) is 8.37. The van der Waals surface area contributed by atoms with E-state index in [9.17, 15) is 37.7 Å². The van der Waals surface area contributed by atoms with E-state index in [1.807, 2.05) is 0 Å². The molecule has 0 fully saturated rings. The Labute approximate surface area is 161 Å². The van der Waals surface area contributed by atoms with Crippen LogP contribution in [0.15, 0.2) is 48.5 Å². The summed E-state index contributed by atoms with van der Waals surface area (Å²) >= 11 is 0. The van der Waals surface area contributed by atoms with Gasteiger partial charge < -0.3 is 4.79 Å². The lowest BCUT2D eigenvalue weighted by atomic mass is 9.87. The monoisotopic (exact) mass is 406 g/mol. The number of imide groups is 1. The maximum absolute atomic E-state index is 13.5. The number of alkyl halides is 3. The molecule has 1 aliphatic rings. The number of fused-ring (bicyclic) bond motifs is 1. The van der Waals surface area contributed by atoms with E-state index in [2.05, 4.69) is 0 Å². The Bertz CT molecular complexity index is 970. The summed E-state index contributed by atoms with van der Waals surface area (Å²) in [7, 11) is 0. The van der Waals surface area contributed by atoms with Gasteiger partial charge in [0, 0.05) is 4.92 Å². The molecule has 2 aromatic carbocycles. The van der Waals surface area contributed by atoms with Crippen LogP contribution in [0.25, 0.3) is 0 Å². The fourth-order valence-corrected chi connectivity index (χ4v) is 3.44. The number of rotatable bonds is 6. The SMILES string of the molecule is O=C[C@@H]([C@@H](C[N+](=O)[O-])c1ccccc1C(F)(F)F)N1C(=O)c2ccccc2C1=O. The number of carbonyl (C=O) groups excluding carboxylic acids is 3. The van der Waals surface area contributed by atoms with Gasteiger partial charge in [-0.15, -0.1) is 0 Å². The second kappa shape index (κ2) is 7.46. The third-order valence-electron chi connectivity index (χ3n) is 4.69. The van der Waals surface area contributed by atoms with E-state index in [1.165, 1.54) is 30.3 Å². The van der Waals surface area contributed by atoms with Gasteiger partial charge in [0.25, 0.3) is 11.8 Å². The normalized spacial score (nSPS) is 15.8. The maximum Gasteiger partial charge on any atom is 0.416 e. The molecule has 10 heteroatoms. The molecular weight excluding hydrogens is 393 g/mol. The van der Waals surface area contributed by atoms with Crippen LogP contribution in [0.5, 0.6) is 0 Å². The summed E-state index contributed by atoms with van der Waals surface area (Å²) in [6, 6.07) is 7.94. The van der Waals surface area contributed by atoms with Gasteiger partial charge in [0.15, 0.2) is 0 Å². The Morgan fingerprint density at radius 1 is 1.00 bits per heavy atom. The molecule has 0 aromatic heterocycles. The third-order valence-corrected chi connectivity index (χ3v) is 4.69. The van der Waals surface area contributed by atoms with Crippen LogP contribution in [0.4, 0.5) is 13.2 Å². The fraction of sp³-hybridized carbons (Fsp3) is 0.211. The molecule has 0 aliphatic carbocycles. The average Bonchev–Trinajstić information content (AvgIpc) is 2.92. The molecule has 2 amide bonds. The summed E-state index contributed by atoms with van der Waals surface area (Å²) in [5, 5.41) is 11.2. The van der Waals surface area contributed by atoms with Crippen LogP contribution < -0.4 is 0 Å². The molecule has 0 bridgehead atoms. The van der Waals surface area contributed by atoms with Gasteiger partial charge >= 0.3 is 6.18 Å². The van der Waals surface area contributed by atoms with Crippen molar-refractivity contribution < 1.29 is 32.5 Å². The average molecular weight is 406 g/mol. The van der Waals surface area contributed by atoms with E-state index < -0.39 is 52.5 Å². The van der Waals surface area contributed by atoms with Gasteiger partial charge in [0.2, 0.25) is 6.54 Å². The molecule has 150 valence electrons. The van der Waals surface area contributed by atoms with Gasteiger partial charge in [0.1, 0.15) is 12.3 Å². The maximum atomic E-state index is 13.5. The zero-order valence-electron chi connectivity index (χ0n) is 14.6. The van der Waals surface area contributed by atoms with Crippen LogP contribution in [-0.2, 0) is 11.0 Å². The molecular formula is C19H13F3N2O5. The lowest BCUT2D eigenvalue weighted by Gasteiger charge is -2.29. The molecule has 0 radical (unpaired) electrons. The molecule has 29 heavy (non-hydrogen) atoms. The number of nitrogens with zero attached hydrogens (tertiary/aromatic N) is 2. The van der Waals surface area contributed by atoms with Crippen molar-refractivity contribution >= 4 is 18.1 Å². The minimum absolute atomic E-state index is 0.0201. The Kier molecular flexibility index (Phi) is 5.19. The second-order valence-corrected chi connectivity index (χ2v) is 6.36. The van der Waals surface area contributed by atoms with Crippen LogP contribution >= 0.6 is 0 Å². The van der Waals surface area contributed by atoms with Crippen LogP contribution in [0.3, 0.4) is 0 Å². The smallest absolute Gasteiger partial charge is 0.301 e. The van der Waals surface area contributed by atoms with Gasteiger partial charge in [-0.3, -0.25) is 24.6 Å². The summed E-state index contributed by atoms with van der Waals surface area (Å²) < 4.78 is 40.4. The highest BCUT2D eigenvalue weighted by Crippen LogP contribution is 2.38. The number of hydrogen-bond donors (Lipinski definition) is 0. The lowest BCUT2D eigenvalue weighted by molar-refractivity contribution is -0.484.